The summed E-state index contributed by atoms with van der Waals surface area (Å²) < 4.78 is 23.0. The predicted molar refractivity (Wildman–Crippen MR) is 91.8 cm³/mol. The van der Waals surface area contributed by atoms with Crippen LogP contribution in [0.3, 0.4) is 0 Å². The topological polar surface area (TPSA) is 56.5 Å². The van der Waals surface area contributed by atoms with Crippen LogP contribution in [0.2, 0.25) is 25.7 Å². The first-order valence-electron chi connectivity index (χ1n) is 7.13. The van der Waals surface area contributed by atoms with E-state index in [9.17, 15) is 4.21 Å². The molecule has 1 atom stereocenters. The predicted octanol–water partition coefficient (Wildman–Crippen LogP) is 3.08. The van der Waals surface area contributed by atoms with Gasteiger partial charge in [-0.05, 0) is 26.8 Å². The molecule has 1 rings (SSSR count). The Kier molecular flexibility index (Phi) is 6.49. The zero-order chi connectivity index (χ0) is 16.1. The quantitative estimate of drug-likeness (QED) is 0.439. The van der Waals surface area contributed by atoms with Gasteiger partial charge in [-0.15, -0.1) is 0 Å². The number of nitrogens with zero attached hydrogens (tertiary/aromatic N) is 3. The van der Waals surface area contributed by atoms with E-state index in [0.29, 0.717) is 12.4 Å². The Morgan fingerprint density at radius 2 is 2.10 bits per heavy atom. The molecule has 0 amide bonds. The van der Waals surface area contributed by atoms with Crippen molar-refractivity contribution in [1.82, 2.24) is 9.55 Å². The van der Waals surface area contributed by atoms with Crippen LogP contribution in [-0.2, 0) is 22.5 Å². The largest absolute Gasteiger partial charge is 0.361 e. The van der Waals surface area contributed by atoms with Crippen molar-refractivity contribution >= 4 is 25.3 Å². The number of aromatic nitrogens is 2. The van der Waals surface area contributed by atoms with E-state index in [4.69, 9.17) is 4.74 Å². The number of rotatable bonds is 7. The highest BCUT2D eigenvalue weighted by Crippen LogP contribution is 2.12. The van der Waals surface area contributed by atoms with Crippen molar-refractivity contribution in [3.05, 3.63) is 18.2 Å². The maximum Gasteiger partial charge on any atom is 0.144 e. The van der Waals surface area contributed by atoms with E-state index in [1.165, 1.54) is 0 Å². The molecule has 7 heteroatoms. The minimum absolute atomic E-state index is 0.348. The van der Waals surface area contributed by atoms with Crippen LogP contribution in [0.15, 0.2) is 16.9 Å². The van der Waals surface area contributed by atoms with Crippen LogP contribution in [0, 0.1) is 0 Å². The summed E-state index contributed by atoms with van der Waals surface area (Å²) >= 11 is 0. The lowest BCUT2D eigenvalue weighted by Gasteiger charge is -2.15. The SMILES string of the molecule is CC(C)(C)S(=O)N=Cc1cn(COCC[Si](C)(C)C)cn1. The normalized spacial score (nSPS) is 14.8. The molecule has 120 valence electrons. The van der Waals surface area contributed by atoms with E-state index in [0.717, 1.165) is 12.7 Å². The molecule has 0 saturated carbocycles. The fourth-order valence-corrected chi connectivity index (χ4v) is 2.60. The average Bonchev–Trinajstić information content (AvgIpc) is 2.77. The van der Waals surface area contributed by atoms with Gasteiger partial charge in [-0.3, -0.25) is 0 Å². The molecule has 21 heavy (non-hydrogen) atoms. The van der Waals surface area contributed by atoms with Gasteiger partial charge in [0.2, 0.25) is 0 Å². The first-order valence-corrected chi connectivity index (χ1v) is 11.9. The summed E-state index contributed by atoms with van der Waals surface area (Å²) in [5, 5.41) is 0. The third-order valence-corrected chi connectivity index (χ3v) is 5.74. The van der Waals surface area contributed by atoms with Crippen molar-refractivity contribution in [2.45, 2.75) is 57.9 Å². The average molecular weight is 330 g/mol. The van der Waals surface area contributed by atoms with Crippen molar-refractivity contribution in [1.29, 1.82) is 0 Å². The molecule has 1 unspecified atom stereocenters. The zero-order valence-electron chi connectivity index (χ0n) is 13.9. The Hall–Kier alpha value is -0.793. The molecule has 1 aromatic heterocycles. The zero-order valence-corrected chi connectivity index (χ0v) is 15.7. The second-order valence-corrected chi connectivity index (χ2v) is 14.8. The summed E-state index contributed by atoms with van der Waals surface area (Å²) in [6.07, 6.45) is 5.10. The summed E-state index contributed by atoms with van der Waals surface area (Å²) in [5.41, 5.74) is 0.696. The van der Waals surface area contributed by atoms with Crippen molar-refractivity contribution < 1.29 is 8.95 Å². The van der Waals surface area contributed by atoms with Gasteiger partial charge in [0.15, 0.2) is 0 Å². The van der Waals surface area contributed by atoms with Gasteiger partial charge in [-0.25, -0.2) is 9.19 Å². The van der Waals surface area contributed by atoms with E-state index >= 15 is 0 Å². The van der Waals surface area contributed by atoms with Gasteiger partial charge in [0.05, 0.1) is 17.3 Å². The van der Waals surface area contributed by atoms with Crippen molar-refractivity contribution in [3.63, 3.8) is 0 Å². The molecule has 0 aliphatic rings. The lowest BCUT2D eigenvalue weighted by Crippen LogP contribution is -2.21. The van der Waals surface area contributed by atoms with E-state index < -0.39 is 19.1 Å². The van der Waals surface area contributed by atoms with Crippen molar-refractivity contribution in [2.75, 3.05) is 6.61 Å². The van der Waals surface area contributed by atoms with Gasteiger partial charge in [0.25, 0.3) is 0 Å². The molecule has 5 nitrogen and oxygen atoms in total. The van der Waals surface area contributed by atoms with Gasteiger partial charge in [-0.2, -0.15) is 4.40 Å². The van der Waals surface area contributed by atoms with Crippen LogP contribution in [-0.4, -0.2) is 39.4 Å². The van der Waals surface area contributed by atoms with E-state index in [-0.39, 0.29) is 4.75 Å². The molecule has 0 saturated heterocycles. The molecule has 0 aromatic carbocycles. The van der Waals surface area contributed by atoms with Crippen molar-refractivity contribution in [2.24, 2.45) is 4.40 Å². The summed E-state index contributed by atoms with van der Waals surface area (Å²) in [4.78, 5) is 4.21. The van der Waals surface area contributed by atoms with E-state index in [2.05, 4.69) is 29.0 Å². The molecule has 0 bridgehead atoms. The molecule has 0 spiro atoms. The molecule has 0 fully saturated rings. The highest BCUT2D eigenvalue weighted by molar-refractivity contribution is 7.85. The summed E-state index contributed by atoms with van der Waals surface area (Å²) in [6.45, 7) is 14.0. The summed E-state index contributed by atoms with van der Waals surface area (Å²) in [6, 6.07) is 1.15. The standard InChI is InChI=1S/C14H27N3O2SSi/c1-14(2,3)20(18)16-9-13-10-17(11-15-13)12-19-7-8-21(4,5)6/h9-11H,7-8,12H2,1-6H3. The maximum atomic E-state index is 11.8. The fraction of sp³-hybridized carbons (Fsp3) is 0.714. The Balaban J connectivity index is 2.43. The van der Waals surface area contributed by atoms with Crippen LogP contribution in [0.25, 0.3) is 0 Å². The number of imidazole rings is 1. The fourth-order valence-electron chi connectivity index (χ4n) is 1.32. The number of ether oxygens (including phenoxy) is 1. The highest BCUT2D eigenvalue weighted by Gasteiger charge is 2.18. The Morgan fingerprint density at radius 3 is 2.67 bits per heavy atom. The van der Waals surface area contributed by atoms with Gasteiger partial charge in [0, 0.05) is 20.9 Å². The van der Waals surface area contributed by atoms with Gasteiger partial charge in [0.1, 0.15) is 23.4 Å². The monoisotopic (exact) mass is 329 g/mol. The molecule has 1 heterocycles. The van der Waals surface area contributed by atoms with Crippen LogP contribution >= 0.6 is 0 Å². The number of hydrogen-bond acceptors (Lipinski definition) is 3. The Labute approximate surface area is 131 Å². The summed E-state index contributed by atoms with van der Waals surface area (Å²) in [5.74, 6) is 0. The van der Waals surface area contributed by atoms with Crippen LogP contribution in [0.4, 0.5) is 0 Å². The molecule has 1 aromatic rings. The van der Waals surface area contributed by atoms with Crippen LogP contribution < -0.4 is 0 Å². The van der Waals surface area contributed by atoms with Gasteiger partial charge >= 0.3 is 0 Å². The maximum absolute atomic E-state index is 11.8. The third-order valence-electron chi connectivity index (χ3n) is 2.69. The molecular formula is C14H27N3O2SSi. The molecule has 0 radical (unpaired) electrons. The second-order valence-electron chi connectivity index (χ2n) is 7.26. The number of hydrogen-bond donors (Lipinski definition) is 0. The van der Waals surface area contributed by atoms with E-state index in [1.54, 1.807) is 12.5 Å². The molecule has 0 N–H and O–H groups in total. The minimum Gasteiger partial charge on any atom is -0.361 e. The third kappa shape index (κ3) is 7.68. The van der Waals surface area contributed by atoms with Gasteiger partial charge in [-0.1, -0.05) is 19.6 Å². The van der Waals surface area contributed by atoms with Crippen molar-refractivity contribution in [3.8, 4) is 0 Å². The minimum atomic E-state index is -1.25. The van der Waals surface area contributed by atoms with Crippen LogP contribution in [0.1, 0.15) is 26.5 Å². The molecular weight excluding hydrogens is 302 g/mol. The molecule has 0 aliphatic carbocycles. The second kappa shape index (κ2) is 7.46. The van der Waals surface area contributed by atoms with Crippen LogP contribution in [0.5, 0.6) is 0 Å². The first kappa shape index (κ1) is 18.3. The Morgan fingerprint density at radius 1 is 1.43 bits per heavy atom. The smallest absolute Gasteiger partial charge is 0.144 e. The summed E-state index contributed by atoms with van der Waals surface area (Å²) in [7, 11) is -2.29. The lowest BCUT2D eigenvalue weighted by molar-refractivity contribution is 0.0871. The lowest BCUT2D eigenvalue weighted by atomic mass is 10.3. The highest BCUT2D eigenvalue weighted by atomic mass is 32.2. The van der Waals surface area contributed by atoms with E-state index in [1.807, 2.05) is 31.5 Å². The van der Waals surface area contributed by atoms with Gasteiger partial charge < -0.3 is 9.30 Å². The Bertz CT molecular complexity index is 501. The first-order chi connectivity index (χ1) is 9.58. The molecule has 0 aliphatic heterocycles.